The molecule has 0 amide bonds. The molecule has 22 rings (SSSR count). The molecule has 2 aliphatic carbocycles. The summed E-state index contributed by atoms with van der Waals surface area (Å²) in [6.45, 7) is 0. The van der Waals surface area contributed by atoms with Crippen LogP contribution in [0.3, 0.4) is 0 Å². The lowest BCUT2D eigenvalue weighted by molar-refractivity contribution is 0.665. The number of fused-ring (bicyclic) bond motifs is 12. The lowest BCUT2D eigenvalue weighted by Crippen LogP contribution is -2.28. The van der Waals surface area contributed by atoms with E-state index in [0.29, 0.717) is 0 Å². The number of anilines is 6. The van der Waals surface area contributed by atoms with Crippen LogP contribution in [0.2, 0.25) is 0 Å². The van der Waals surface area contributed by atoms with Gasteiger partial charge in [-0.25, -0.2) is 0 Å². The maximum absolute atomic E-state index is 6.83. The van der Waals surface area contributed by atoms with Crippen molar-refractivity contribution in [2.45, 2.75) is 10.8 Å². The van der Waals surface area contributed by atoms with Crippen molar-refractivity contribution in [2.24, 2.45) is 0 Å². The minimum absolute atomic E-state index is 0.452. The second-order valence-electron chi connectivity index (χ2n) is 29.7. The normalized spacial score (nSPS) is 12.7. The van der Waals surface area contributed by atoms with Gasteiger partial charge in [0.2, 0.25) is 0 Å². The Morgan fingerprint density at radius 1 is 0.167 bits per heavy atom. The number of hydrogen-bond donors (Lipinski definition) is 0. The molecule has 114 heavy (non-hydrogen) atoms. The highest BCUT2D eigenvalue weighted by Gasteiger charge is 2.48. The Balaban J connectivity index is 0.000000143. The third kappa shape index (κ3) is 11.3. The smallest absolute Gasteiger partial charge is 0.136 e. The van der Waals surface area contributed by atoms with Gasteiger partial charge in [0.1, 0.15) is 22.3 Å². The molecule has 0 saturated heterocycles. The minimum Gasteiger partial charge on any atom is -0.456 e. The highest BCUT2D eigenvalue weighted by atomic mass is 16.3. The largest absolute Gasteiger partial charge is 0.456 e. The molecule has 0 spiro atoms. The van der Waals surface area contributed by atoms with Crippen molar-refractivity contribution in [1.29, 1.82) is 0 Å². The Morgan fingerprint density at radius 3 is 1.04 bits per heavy atom. The van der Waals surface area contributed by atoms with Crippen molar-refractivity contribution in [3.05, 3.63) is 493 Å². The maximum Gasteiger partial charge on any atom is 0.136 e. The Kier molecular flexibility index (Phi) is 16.7. The Morgan fingerprint density at radius 2 is 0.509 bits per heavy atom. The highest BCUT2D eigenvalue weighted by molar-refractivity contribution is 6.13. The summed E-state index contributed by atoms with van der Waals surface area (Å²) in [6, 6.07) is 162. The average Bonchev–Trinajstić information content (AvgIpc) is 1.53. The fourth-order valence-electron chi connectivity index (χ4n) is 18.5. The van der Waals surface area contributed by atoms with Crippen LogP contribution < -0.4 is 9.80 Å². The monoisotopic (exact) mass is 1450 g/mol. The van der Waals surface area contributed by atoms with Crippen molar-refractivity contribution >= 4 is 78.0 Å². The lowest BCUT2D eigenvalue weighted by Gasteiger charge is -2.33. The number of benzene rings is 18. The molecule has 0 N–H and O–H groups in total. The quantitative estimate of drug-likeness (QED) is 0.109. The first-order chi connectivity index (χ1) is 56.5. The summed E-state index contributed by atoms with van der Waals surface area (Å²) >= 11 is 0. The molecule has 0 aliphatic heterocycles. The van der Waals surface area contributed by atoms with E-state index in [1.165, 1.54) is 89.0 Å². The van der Waals surface area contributed by atoms with Gasteiger partial charge in [-0.05, 0) is 227 Å². The van der Waals surface area contributed by atoms with Gasteiger partial charge in [0.15, 0.2) is 0 Å². The molecule has 18 aromatic carbocycles. The van der Waals surface area contributed by atoms with E-state index in [9.17, 15) is 0 Å². The van der Waals surface area contributed by atoms with Gasteiger partial charge in [-0.2, -0.15) is 0 Å². The summed E-state index contributed by atoms with van der Waals surface area (Å²) in [4.78, 5) is 4.62. The van der Waals surface area contributed by atoms with Crippen LogP contribution >= 0.6 is 0 Å². The van der Waals surface area contributed by atoms with Crippen LogP contribution in [-0.2, 0) is 10.8 Å². The van der Waals surface area contributed by atoms with Crippen molar-refractivity contribution in [2.75, 3.05) is 9.80 Å². The van der Waals surface area contributed by atoms with E-state index < -0.39 is 10.8 Å². The Hall–Kier alpha value is -14.8. The number of hydrogen-bond acceptors (Lipinski definition) is 4. The zero-order valence-corrected chi connectivity index (χ0v) is 62.4. The van der Waals surface area contributed by atoms with Crippen LogP contribution in [0.15, 0.2) is 458 Å². The van der Waals surface area contributed by atoms with Crippen molar-refractivity contribution in [1.82, 2.24) is 0 Å². The first-order valence-corrected chi connectivity index (χ1v) is 39.2. The van der Waals surface area contributed by atoms with Gasteiger partial charge in [0.05, 0.1) is 10.8 Å². The van der Waals surface area contributed by atoms with Crippen LogP contribution in [0.4, 0.5) is 34.1 Å². The van der Waals surface area contributed by atoms with Gasteiger partial charge in [-0.3, -0.25) is 0 Å². The number of furan rings is 2. The van der Waals surface area contributed by atoms with E-state index in [4.69, 9.17) is 8.83 Å². The van der Waals surface area contributed by atoms with Crippen molar-refractivity contribution in [3.63, 3.8) is 0 Å². The van der Waals surface area contributed by atoms with Gasteiger partial charge < -0.3 is 18.6 Å². The molecule has 0 radical (unpaired) electrons. The average molecular weight is 1460 g/mol. The first kappa shape index (κ1) is 67.3. The highest BCUT2D eigenvalue weighted by Crippen LogP contribution is 2.59. The number of para-hydroxylation sites is 3. The summed E-state index contributed by atoms with van der Waals surface area (Å²) in [5, 5.41) is 4.47. The molecule has 2 aromatic heterocycles. The second kappa shape index (κ2) is 28.2. The zero-order valence-electron chi connectivity index (χ0n) is 62.4. The second-order valence-corrected chi connectivity index (χ2v) is 29.7. The molecular formula is C110H74N2O2. The molecule has 0 atom stereocenters. The van der Waals surface area contributed by atoms with Crippen LogP contribution in [0.25, 0.3) is 111 Å². The molecule has 2 heterocycles. The molecule has 0 bridgehead atoms. The molecule has 0 unspecified atom stereocenters. The van der Waals surface area contributed by atoms with Gasteiger partial charge in [0.25, 0.3) is 0 Å². The van der Waals surface area contributed by atoms with Crippen LogP contribution in [0.5, 0.6) is 0 Å². The fraction of sp³-hybridized carbons (Fsp3) is 0.0182. The molecule has 4 nitrogen and oxygen atoms in total. The van der Waals surface area contributed by atoms with E-state index >= 15 is 0 Å². The predicted octanol–water partition coefficient (Wildman–Crippen LogP) is 29.5. The summed E-state index contributed by atoms with van der Waals surface area (Å²) in [6.07, 6.45) is 0. The summed E-state index contributed by atoms with van der Waals surface area (Å²) in [5.74, 6) is 0. The number of nitrogens with zero attached hydrogens (tertiary/aromatic N) is 2. The third-order valence-electron chi connectivity index (χ3n) is 23.5. The molecular weight excluding hydrogens is 1380 g/mol. The molecule has 0 fully saturated rings. The molecule has 20 aromatic rings. The standard InChI is InChI=1S/2C55H37NO/c1-4-16-38(17-5-1)39-30-33-44(34-31-39)56(43-21-8-3-9-22-43)45-23-14-18-40(36-45)46-26-15-29-52-54(46)49-35-32-42(37-53(49)57-52)55(41-19-6-2-7-20-41)50-27-12-10-24-47(50)48-25-11-13-28-51(48)55;1-4-17-42(18-5-1)55(51-25-12-10-23-47(51)48-24-11-13-26-52(48)55)43-30-34-53-50(37-43)49-33-29-41(36-54(49)57-53)40-16-14-15-39(35-40)38-27-31-46(32-28-38)56(44-19-6-2-7-20-44)45-21-8-3-9-22-45/h2*1-37H. The van der Waals surface area contributed by atoms with Gasteiger partial charge in [-0.1, -0.05) is 334 Å². The van der Waals surface area contributed by atoms with Crippen LogP contribution in [-0.4, -0.2) is 0 Å². The third-order valence-corrected chi connectivity index (χ3v) is 23.5. The first-order valence-electron chi connectivity index (χ1n) is 39.2. The van der Waals surface area contributed by atoms with E-state index in [2.05, 4.69) is 459 Å². The Bertz CT molecular complexity index is 6820. The van der Waals surface area contributed by atoms with E-state index in [0.717, 1.165) is 100 Å². The van der Waals surface area contributed by atoms with Crippen molar-refractivity contribution < 1.29 is 8.83 Å². The van der Waals surface area contributed by atoms with E-state index in [1.807, 2.05) is 0 Å². The van der Waals surface area contributed by atoms with Crippen LogP contribution in [0, 0.1) is 0 Å². The topological polar surface area (TPSA) is 32.8 Å². The Labute approximate surface area is 663 Å². The maximum atomic E-state index is 6.83. The van der Waals surface area contributed by atoms with Gasteiger partial charge >= 0.3 is 0 Å². The zero-order chi connectivity index (χ0) is 75.5. The molecule has 0 saturated carbocycles. The summed E-state index contributed by atoms with van der Waals surface area (Å²) < 4.78 is 13.5. The number of rotatable bonds is 14. The van der Waals surface area contributed by atoms with E-state index in [-0.39, 0.29) is 0 Å². The molecule has 4 heteroatoms. The van der Waals surface area contributed by atoms with E-state index in [1.54, 1.807) is 0 Å². The van der Waals surface area contributed by atoms with Crippen molar-refractivity contribution in [3.8, 4) is 66.8 Å². The van der Waals surface area contributed by atoms with Gasteiger partial charge in [-0.15, -0.1) is 0 Å². The summed E-state index contributed by atoms with van der Waals surface area (Å²) in [5.41, 5.74) is 33.8. The molecule has 536 valence electrons. The lowest BCUT2D eigenvalue weighted by atomic mass is 9.67. The molecule has 2 aliphatic rings. The van der Waals surface area contributed by atoms with Crippen LogP contribution in [0.1, 0.15) is 44.5 Å². The fourth-order valence-corrected chi connectivity index (χ4v) is 18.5. The minimum atomic E-state index is -0.487. The summed E-state index contributed by atoms with van der Waals surface area (Å²) in [7, 11) is 0. The predicted molar refractivity (Wildman–Crippen MR) is 473 cm³/mol. The van der Waals surface area contributed by atoms with Gasteiger partial charge in [0, 0.05) is 55.7 Å². The SMILES string of the molecule is c1ccc(-c2ccc(N(c3ccccc3)c3cccc(-c4cccc5oc6cc(C7(c8ccccc8)c8ccccc8-c8ccccc87)ccc6c45)c3)cc2)cc1.c1ccc(N(c2ccccc2)c2ccc(-c3cccc(-c4ccc5c(c4)oc4ccc(C6(c7ccccc7)c7ccccc7-c7ccccc76)cc45)c3)cc2)cc1.